The van der Waals surface area contributed by atoms with E-state index in [9.17, 15) is 4.79 Å². The van der Waals surface area contributed by atoms with Crippen LogP contribution in [0.2, 0.25) is 0 Å². The summed E-state index contributed by atoms with van der Waals surface area (Å²) in [6, 6.07) is 8.97. The maximum atomic E-state index is 11.6. The summed E-state index contributed by atoms with van der Waals surface area (Å²) in [4.78, 5) is 11.6. The highest BCUT2D eigenvalue weighted by molar-refractivity contribution is 5.91. The van der Waals surface area contributed by atoms with Crippen LogP contribution in [0, 0.1) is 5.92 Å². The third-order valence-electron chi connectivity index (χ3n) is 3.09. The molecular formula is C15H16N4O3. The summed E-state index contributed by atoms with van der Waals surface area (Å²) in [6.07, 6.45) is 0. The van der Waals surface area contributed by atoms with E-state index in [-0.39, 0.29) is 18.6 Å². The third-order valence-corrected chi connectivity index (χ3v) is 3.09. The summed E-state index contributed by atoms with van der Waals surface area (Å²) in [5.41, 5.74) is 0.817. The van der Waals surface area contributed by atoms with E-state index in [2.05, 4.69) is 20.8 Å². The second-order valence-corrected chi connectivity index (χ2v) is 5.14. The monoisotopic (exact) mass is 300 g/mol. The van der Waals surface area contributed by atoms with Crippen LogP contribution in [0.5, 0.6) is 11.5 Å². The zero-order chi connectivity index (χ0) is 15.5. The van der Waals surface area contributed by atoms with Gasteiger partial charge in [-0.05, 0) is 24.3 Å². The Morgan fingerprint density at radius 1 is 1.09 bits per heavy atom. The van der Waals surface area contributed by atoms with Crippen molar-refractivity contribution in [3.05, 3.63) is 30.3 Å². The van der Waals surface area contributed by atoms with E-state index in [1.54, 1.807) is 12.1 Å². The maximum absolute atomic E-state index is 11.6. The molecule has 1 aliphatic heterocycles. The Balaban J connectivity index is 1.67. The second-order valence-electron chi connectivity index (χ2n) is 5.14. The molecule has 2 N–H and O–H groups in total. The van der Waals surface area contributed by atoms with Crippen molar-refractivity contribution in [1.29, 1.82) is 0 Å². The predicted molar refractivity (Wildman–Crippen MR) is 81.3 cm³/mol. The molecule has 114 valence electrons. The number of carbonyl (C=O) groups excluding carboxylic acids is 1. The Hall–Kier alpha value is -2.83. The van der Waals surface area contributed by atoms with Crippen LogP contribution in [0.15, 0.2) is 30.3 Å². The number of rotatable bonds is 4. The lowest BCUT2D eigenvalue weighted by Crippen LogP contribution is -2.18. The Bertz CT molecular complexity index is 686. The molecular weight excluding hydrogens is 284 g/mol. The molecule has 0 fully saturated rings. The Labute approximate surface area is 127 Å². The van der Waals surface area contributed by atoms with Crippen LogP contribution >= 0.6 is 0 Å². The van der Waals surface area contributed by atoms with Crippen molar-refractivity contribution in [2.24, 2.45) is 5.92 Å². The van der Waals surface area contributed by atoms with E-state index in [1.807, 2.05) is 32.0 Å². The lowest BCUT2D eigenvalue weighted by Gasteiger charge is -2.08. The molecule has 2 aromatic rings. The summed E-state index contributed by atoms with van der Waals surface area (Å²) >= 11 is 0. The van der Waals surface area contributed by atoms with Crippen molar-refractivity contribution in [2.45, 2.75) is 13.8 Å². The van der Waals surface area contributed by atoms with E-state index in [4.69, 9.17) is 9.47 Å². The molecule has 0 saturated heterocycles. The van der Waals surface area contributed by atoms with Crippen molar-refractivity contribution in [2.75, 3.05) is 17.4 Å². The van der Waals surface area contributed by atoms with E-state index < -0.39 is 0 Å². The first-order valence-electron chi connectivity index (χ1n) is 6.93. The Morgan fingerprint density at radius 3 is 2.55 bits per heavy atom. The van der Waals surface area contributed by atoms with Crippen LogP contribution in [-0.2, 0) is 4.79 Å². The molecule has 2 heterocycles. The maximum Gasteiger partial charge on any atom is 0.231 e. The fourth-order valence-corrected chi connectivity index (χ4v) is 1.86. The fourth-order valence-electron chi connectivity index (χ4n) is 1.86. The van der Waals surface area contributed by atoms with Gasteiger partial charge < -0.3 is 20.1 Å². The quantitative estimate of drug-likeness (QED) is 0.902. The first kappa shape index (κ1) is 14.1. The van der Waals surface area contributed by atoms with E-state index in [0.29, 0.717) is 17.4 Å². The van der Waals surface area contributed by atoms with E-state index in [0.717, 1.165) is 11.4 Å². The van der Waals surface area contributed by atoms with Gasteiger partial charge in [-0.1, -0.05) is 13.8 Å². The molecule has 1 aliphatic rings. The van der Waals surface area contributed by atoms with Gasteiger partial charge in [-0.25, -0.2) is 0 Å². The average molecular weight is 300 g/mol. The highest BCUT2D eigenvalue weighted by Gasteiger charge is 2.13. The number of carbonyl (C=O) groups is 1. The van der Waals surface area contributed by atoms with Crippen molar-refractivity contribution in [3.63, 3.8) is 0 Å². The molecule has 7 heteroatoms. The number of aromatic nitrogens is 2. The largest absolute Gasteiger partial charge is 0.454 e. The van der Waals surface area contributed by atoms with Gasteiger partial charge in [-0.2, -0.15) is 0 Å². The van der Waals surface area contributed by atoms with Gasteiger partial charge in [0.2, 0.25) is 12.7 Å². The van der Waals surface area contributed by atoms with Gasteiger partial charge in [0.15, 0.2) is 23.1 Å². The number of hydrogen-bond donors (Lipinski definition) is 2. The van der Waals surface area contributed by atoms with Gasteiger partial charge in [-0.3, -0.25) is 4.79 Å². The molecule has 22 heavy (non-hydrogen) atoms. The number of hydrogen-bond acceptors (Lipinski definition) is 6. The normalized spacial score (nSPS) is 12.3. The number of ether oxygens (including phenoxy) is 2. The van der Waals surface area contributed by atoms with Crippen molar-refractivity contribution in [3.8, 4) is 11.5 Å². The SMILES string of the molecule is CC(C)C(=O)Nc1ccc(Nc2ccc3c(c2)OCO3)nn1. The summed E-state index contributed by atoms with van der Waals surface area (Å²) in [7, 11) is 0. The third kappa shape index (κ3) is 3.08. The zero-order valence-electron chi connectivity index (χ0n) is 12.3. The van der Waals surface area contributed by atoms with Crippen molar-refractivity contribution >= 4 is 23.2 Å². The zero-order valence-corrected chi connectivity index (χ0v) is 12.3. The van der Waals surface area contributed by atoms with Gasteiger partial charge in [0.05, 0.1) is 0 Å². The topological polar surface area (TPSA) is 85.4 Å². The minimum atomic E-state index is -0.103. The number of nitrogens with zero attached hydrogens (tertiary/aromatic N) is 2. The van der Waals surface area contributed by atoms with Crippen LogP contribution in [-0.4, -0.2) is 22.9 Å². The van der Waals surface area contributed by atoms with Crippen LogP contribution < -0.4 is 20.1 Å². The van der Waals surface area contributed by atoms with Gasteiger partial charge in [0.25, 0.3) is 0 Å². The van der Waals surface area contributed by atoms with Crippen LogP contribution in [0.1, 0.15) is 13.8 Å². The average Bonchev–Trinajstić information content (AvgIpc) is 2.96. The smallest absolute Gasteiger partial charge is 0.231 e. The highest BCUT2D eigenvalue weighted by atomic mass is 16.7. The van der Waals surface area contributed by atoms with Gasteiger partial charge in [0.1, 0.15) is 0 Å². The highest BCUT2D eigenvalue weighted by Crippen LogP contribution is 2.34. The first-order valence-corrected chi connectivity index (χ1v) is 6.93. The van der Waals surface area contributed by atoms with Crippen molar-refractivity contribution < 1.29 is 14.3 Å². The molecule has 1 amide bonds. The number of benzene rings is 1. The lowest BCUT2D eigenvalue weighted by molar-refractivity contribution is -0.118. The molecule has 0 radical (unpaired) electrons. The second kappa shape index (κ2) is 5.88. The minimum Gasteiger partial charge on any atom is -0.454 e. The number of amides is 1. The Kier molecular flexibility index (Phi) is 3.78. The molecule has 0 spiro atoms. The van der Waals surface area contributed by atoms with E-state index >= 15 is 0 Å². The molecule has 1 aromatic heterocycles. The molecule has 0 aliphatic carbocycles. The predicted octanol–water partition coefficient (Wildman–Crippen LogP) is 2.54. The molecule has 0 bridgehead atoms. The van der Waals surface area contributed by atoms with Crippen LogP contribution in [0.4, 0.5) is 17.3 Å². The summed E-state index contributed by atoms with van der Waals surface area (Å²) in [6.45, 7) is 3.87. The number of fused-ring (bicyclic) bond motifs is 1. The molecule has 1 aromatic carbocycles. The van der Waals surface area contributed by atoms with E-state index in [1.165, 1.54) is 0 Å². The summed E-state index contributed by atoms with van der Waals surface area (Å²) in [5.74, 6) is 2.22. The van der Waals surface area contributed by atoms with Crippen molar-refractivity contribution in [1.82, 2.24) is 10.2 Å². The van der Waals surface area contributed by atoms with Gasteiger partial charge >= 0.3 is 0 Å². The molecule has 0 saturated carbocycles. The van der Waals surface area contributed by atoms with Gasteiger partial charge in [0, 0.05) is 17.7 Å². The lowest BCUT2D eigenvalue weighted by atomic mass is 10.2. The van der Waals surface area contributed by atoms with Crippen LogP contribution in [0.3, 0.4) is 0 Å². The molecule has 7 nitrogen and oxygen atoms in total. The molecule has 0 unspecified atom stereocenters. The fraction of sp³-hybridized carbons (Fsp3) is 0.267. The molecule has 3 rings (SSSR count). The summed E-state index contributed by atoms with van der Waals surface area (Å²) < 4.78 is 10.6. The minimum absolute atomic E-state index is 0.0919. The number of nitrogens with one attached hydrogen (secondary N) is 2. The summed E-state index contributed by atoms with van der Waals surface area (Å²) in [5, 5.41) is 13.8. The first-order chi connectivity index (χ1) is 10.6. The van der Waals surface area contributed by atoms with Gasteiger partial charge in [-0.15, -0.1) is 10.2 Å². The standard InChI is InChI=1S/C15H16N4O3/c1-9(2)15(20)17-14-6-5-13(18-19-14)16-10-3-4-11-12(7-10)22-8-21-11/h3-7,9H,8H2,1-2H3,(H,16,18)(H,17,19,20). The van der Waals surface area contributed by atoms with Crippen LogP contribution in [0.25, 0.3) is 0 Å². The number of anilines is 3. The Morgan fingerprint density at radius 2 is 1.82 bits per heavy atom. The molecule has 0 atom stereocenters.